The Morgan fingerprint density at radius 2 is 0.786 bits per heavy atom. The van der Waals surface area contributed by atoms with E-state index in [1.165, 1.54) is 0 Å². The summed E-state index contributed by atoms with van der Waals surface area (Å²) in [4.78, 5) is 71.7. The molecule has 3 fully saturated rings. The Hall–Kier alpha value is -6.04. The van der Waals surface area contributed by atoms with E-state index in [4.69, 9.17) is 28.4 Å². The highest BCUT2D eigenvalue weighted by Gasteiger charge is 2.55. The molecule has 3 saturated heterocycles. The summed E-state index contributed by atoms with van der Waals surface area (Å²) >= 11 is 0. The fourth-order valence-corrected chi connectivity index (χ4v) is 5.98. The lowest BCUT2D eigenvalue weighted by molar-refractivity contribution is -0.208. The average molecular weight is 767 g/mol. The Balaban J connectivity index is 0.000000236. The molecule has 0 N–H and O–H groups in total. The zero-order valence-electron chi connectivity index (χ0n) is 31.7. The predicted octanol–water partition coefficient (Wildman–Crippen LogP) is 6.59. The van der Waals surface area contributed by atoms with Gasteiger partial charge in [0.05, 0.1) is 19.3 Å². The lowest BCUT2D eigenvalue weighted by atomic mass is 9.87. The van der Waals surface area contributed by atoms with Crippen molar-refractivity contribution in [1.29, 1.82) is 0 Å². The van der Waals surface area contributed by atoms with Gasteiger partial charge in [-0.2, -0.15) is 0 Å². The van der Waals surface area contributed by atoms with Crippen molar-refractivity contribution in [3.63, 3.8) is 0 Å². The minimum Gasteiger partial charge on any atom is -0.458 e. The van der Waals surface area contributed by atoms with E-state index in [-0.39, 0.29) is 63.3 Å². The minimum atomic E-state index is -1.39. The first kappa shape index (κ1) is 41.1. The molecular weight excluding hydrogens is 720 g/mol. The van der Waals surface area contributed by atoms with Crippen LogP contribution in [0.15, 0.2) is 115 Å². The smallest absolute Gasteiger partial charge is 0.351 e. The van der Waals surface area contributed by atoms with Crippen LogP contribution in [0, 0.1) is 5.41 Å². The summed E-state index contributed by atoms with van der Waals surface area (Å²) in [6.07, 6.45) is 7.53. The van der Waals surface area contributed by atoms with Gasteiger partial charge in [-0.05, 0) is 22.1 Å². The SMILES string of the molecule is CC(C)(C)/C=C/C[C@]1(C(=O)OCc2ccccc2)CC(=O)O1.O=C1C[C@](C/C=C/C[C@]2(C(=O)OCc3ccccc3)CC(=O)O2)(C(=O)OCc2ccccc2)O1. The van der Waals surface area contributed by atoms with Gasteiger partial charge in [0.25, 0.3) is 0 Å². The van der Waals surface area contributed by atoms with Crippen LogP contribution >= 0.6 is 0 Å². The van der Waals surface area contributed by atoms with Gasteiger partial charge in [0.15, 0.2) is 0 Å². The van der Waals surface area contributed by atoms with Crippen LogP contribution in [0.1, 0.15) is 76.0 Å². The number of benzene rings is 3. The molecule has 3 aromatic carbocycles. The first-order chi connectivity index (χ1) is 26.7. The largest absolute Gasteiger partial charge is 0.458 e. The van der Waals surface area contributed by atoms with Crippen molar-refractivity contribution in [2.75, 3.05) is 0 Å². The normalized spacial score (nSPS) is 22.5. The first-order valence-electron chi connectivity index (χ1n) is 18.3. The van der Waals surface area contributed by atoms with E-state index in [2.05, 4.69) is 20.8 Å². The van der Waals surface area contributed by atoms with Crippen LogP contribution in [0.2, 0.25) is 0 Å². The Morgan fingerprint density at radius 3 is 1.04 bits per heavy atom. The molecule has 12 nitrogen and oxygen atoms in total. The van der Waals surface area contributed by atoms with E-state index < -0.39 is 46.6 Å². The molecule has 3 aromatic rings. The molecule has 0 aliphatic carbocycles. The van der Waals surface area contributed by atoms with E-state index in [9.17, 15) is 28.8 Å². The number of hydrogen-bond acceptors (Lipinski definition) is 12. The fraction of sp³-hybridized carbons (Fsp3) is 0.364. The number of allylic oxidation sites excluding steroid dienone is 1. The van der Waals surface area contributed by atoms with Crippen LogP contribution in [0.3, 0.4) is 0 Å². The molecule has 0 radical (unpaired) electrons. The maximum absolute atomic E-state index is 12.6. The Labute approximate surface area is 325 Å². The Morgan fingerprint density at radius 1 is 0.518 bits per heavy atom. The Kier molecular flexibility index (Phi) is 13.3. The molecule has 0 amide bonds. The zero-order chi connectivity index (χ0) is 40.2. The molecule has 3 aliphatic heterocycles. The molecule has 6 rings (SSSR count). The number of cyclic esters (lactones) is 3. The van der Waals surface area contributed by atoms with Crippen LogP contribution in [0.5, 0.6) is 0 Å². The molecule has 12 heteroatoms. The number of carbonyl (C=O) groups is 6. The average Bonchev–Trinajstić information content (AvgIpc) is 3.15. The molecule has 294 valence electrons. The second-order valence-electron chi connectivity index (χ2n) is 15.0. The maximum atomic E-state index is 12.6. The molecule has 0 spiro atoms. The summed E-state index contributed by atoms with van der Waals surface area (Å²) in [6, 6.07) is 27.8. The fourth-order valence-electron chi connectivity index (χ4n) is 5.98. The summed E-state index contributed by atoms with van der Waals surface area (Å²) in [5, 5.41) is 0. The highest BCUT2D eigenvalue weighted by Crippen LogP contribution is 2.37. The summed E-state index contributed by atoms with van der Waals surface area (Å²) in [7, 11) is 0. The van der Waals surface area contributed by atoms with Gasteiger partial charge in [-0.25, -0.2) is 14.4 Å². The third-order valence-corrected chi connectivity index (χ3v) is 9.10. The van der Waals surface area contributed by atoms with Crippen molar-refractivity contribution in [2.45, 2.75) is 95.9 Å². The molecule has 0 aromatic heterocycles. The third kappa shape index (κ3) is 11.0. The van der Waals surface area contributed by atoms with E-state index in [1.807, 2.05) is 103 Å². The second-order valence-corrected chi connectivity index (χ2v) is 15.0. The van der Waals surface area contributed by atoms with Gasteiger partial charge in [0.2, 0.25) is 16.8 Å². The van der Waals surface area contributed by atoms with Gasteiger partial charge in [-0.1, -0.05) is 136 Å². The van der Waals surface area contributed by atoms with Crippen LogP contribution in [0.4, 0.5) is 0 Å². The van der Waals surface area contributed by atoms with Crippen molar-refractivity contribution in [1.82, 2.24) is 0 Å². The van der Waals surface area contributed by atoms with Crippen molar-refractivity contribution in [2.24, 2.45) is 5.41 Å². The van der Waals surface area contributed by atoms with Crippen LogP contribution in [-0.4, -0.2) is 52.6 Å². The van der Waals surface area contributed by atoms with Gasteiger partial charge in [0, 0.05) is 19.3 Å². The summed E-state index contributed by atoms with van der Waals surface area (Å²) in [6.45, 7) is 6.51. The Bertz CT molecular complexity index is 1810. The zero-order valence-corrected chi connectivity index (χ0v) is 31.7. The van der Waals surface area contributed by atoms with E-state index in [0.717, 1.165) is 16.7 Å². The van der Waals surface area contributed by atoms with Crippen LogP contribution < -0.4 is 0 Å². The van der Waals surface area contributed by atoms with Crippen LogP contribution in [-0.2, 0) is 77.0 Å². The summed E-state index contributed by atoms with van der Waals surface area (Å²) < 4.78 is 31.5. The van der Waals surface area contributed by atoms with Crippen molar-refractivity contribution in [3.8, 4) is 0 Å². The summed E-state index contributed by atoms with van der Waals surface area (Å²) in [5.41, 5.74) is -1.37. The van der Waals surface area contributed by atoms with Crippen molar-refractivity contribution < 1.29 is 57.2 Å². The highest BCUT2D eigenvalue weighted by atomic mass is 16.6. The van der Waals surface area contributed by atoms with E-state index >= 15 is 0 Å². The first-order valence-corrected chi connectivity index (χ1v) is 18.3. The van der Waals surface area contributed by atoms with Gasteiger partial charge >= 0.3 is 35.8 Å². The van der Waals surface area contributed by atoms with Gasteiger partial charge in [-0.15, -0.1) is 0 Å². The lowest BCUT2D eigenvalue weighted by Gasteiger charge is -2.38. The number of hydrogen-bond donors (Lipinski definition) is 0. The van der Waals surface area contributed by atoms with Crippen molar-refractivity contribution in [3.05, 3.63) is 132 Å². The topological polar surface area (TPSA) is 158 Å². The number of rotatable bonds is 15. The summed E-state index contributed by atoms with van der Waals surface area (Å²) in [5.74, 6) is -3.08. The molecule has 0 saturated carbocycles. The molecule has 3 atom stereocenters. The minimum absolute atomic E-state index is 0.0168. The number of carbonyl (C=O) groups excluding carboxylic acids is 6. The molecule has 0 unspecified atom stereocenters. The van der Waals surface area contributed by atoms with E-state index in [0.29, 0.717) is 6.42 Å². The quantitative estimate of drug-likeness (QED) is 0.0930. The van der Waals surface area contributed by atoms with Gasteiger partial charge in [0.1, 0.15) is 19.8 Å². The van der Waals surface area contributed by atoms with Gasteiger partial charge in [-0.3, -0.25) is 14.4 Å². The third-order valence-electron chi connectivity index (χ3n) is 9.10. The molecule has 0 bridgehead atoms. The standard InChI is InChI=1S/C26H24O8.C18H22O4/c27-21-15-25(33-21,23(29)31-17-19-9-3-1-4-10-19)13-7-8-14-26(16-22(28)34-26)24(30)32-18-20-11-5-2-6-12-20;1-17(2,3)10-7-11-18(12-15(19)22-18)16(20)21-13-14-8-5-4-6-9-14/h1-12H,13-18H2;4-10H,11-13H2,1-3H3/b8-7+;10-7+/t25-,26-;18-/m11/s1. The monoisotopic (exact) mass is 766 g/mol. The molecular formula is C44H46O12. The van der Waals surface area contributed by atoms with E-state index in [1.54, 1.807) is 12.2 Å². The second kappa shape index (κ2) is 18.1. The lowest BCUT2D eigenvalue weighted by Crippen LogP contribution is -2.55. The molecule has 56 heavy (non-hydrogen) atoms. The highest BCUT2D eigenvalue weighted by molar-refractivity contribution is 5.95. The number of esters is 6. The van der Waals surface area contributed by atoms with Crippen molar-refractivity contribution >= 4 is 35.8 Å². The van der Waals surface area contributed by atoms with Gasteiger partial charge < -0.3 is 28.4 Å². The predicted molar refractivity (Wildman–Crippen MR) is 201 cm³/mol. The molecule has 3 aliphatic rings. The molecule has 3 heterocycles. The maximum Gasteiger partial charge on any atom is 0.351 e. The number of ether oxygens (including phenoxy) is 6. The van der Waals surface area contributed by atoms with Crippen LogP contribution in [0.25, 0.3) is 0 Å².